The van der Waals surface area contributed by atoms with Crippen molar-refractivity contribution in [2.45, 2.75) is 42.7 Å². The van der Waals surface area contributed by atoms with Gasteiger partial charge in [-0.1, -0.05) is 36.4 Å². The van der Waals surface area contributed by atoms with E-state index in [9.17, 15) is 5.11 Å². The Morgan fingerprint density at radius 2 is 2.04 bits per heavy atom. The van der Waals surface area contributed by atoms with Crippen LogP contribution in [-0.2, 0) is 18.6 Å². The first-order chi connectivity index (χ1) is 13.2. The monoisotopic (exact) mass is 381 g/mol. The molecule has 0 radical (unpaired) electrons. The zero-order valence-corrected chi connectivity index (χ0v) is 16.2. The summed E-state index contributed by atoms with van der Waals surface area (Å²) >= 11 is 1.84. The second-order valence-corrected chi connectivity index (χ2v) is 8.82. The molecule has 0 fully saturated rings. The van der Waals surface area contributed by atoms with Gasteiger partial charge >= 0.3 is 0 Å². The first-order valence-corrected chi connectivity index (χ1v) is 10.9. The number of aryl methyl sites for hydroxylation is 1. The number of benzene rings is 2. The maximum Gasteiger partial charge on any atom is 0.145 e. The molecule has 1 N–H and O–H groups in total. The molecule has 0 aromatic heterocycles. The Balaban J connectivity index is 1.66. The second kappa shape index (κ2) is 6.77. The van der Waals surface area contributed by atoms with Crippen LogP contribution < -0.4 is 0 Å². The predicted octanol–water partition coefficient (Wildman–Crippen LogP) is 4.88. The Bertz CT molecular complexity index is 925. The molecule has 2 aromatic rings. The molecule has 3 aliphatic rings. The molecule has 4 heteroatoms. The van der Waals surface area contributed by atoms with Crippen molar-refractivity contribution in [2.75, 3.05) is 18.8 Å². The van der Waals surface area contributed by atoms with Gasteiger partial charge in [0, 0.05) is 29.1 Å². The predicted molar refractivity (Wildman–Crippen MR) is 108 cm³/mol. The van der Waals surface area contributed by atoms with Gasteiger partial charge in [0.2, 0.25) is 0 Å². The molecule has 2 aromatic carbocycles. The highest BCUT2D eigenvalue weighted by atomic mass is 32.2. The second-order valence-electron chi connectivity index (χ2n) is 7.72. The molecule has 0 amide bonds. The van der Waals surface area contributed by atoms with Crippen LogP contribution in [0.1, 0.15) is 36.0 Å². The van der Waals surface area contributed by atoms with Crippen LogP contribution in [0.5, 0.6) is 0 Å². The van der Waals surface area contributed by atoms with Gasteiger partial charge in [-0.2, -0.15) is 0 Å². The summed E-state index contributed by atoms with van der Waals surface area (Å²) in [5.74, 6) is 0.918. The Labute approximate surface area is 164 Å². The Morgan fingerprint density at radius 3 is 2.89 bits per heavy atom. The van der Waals surface area contributed by atoms with Crippen LogP contribution in [0.4, 0.5) is 4.39 Å². The van der Waals surface area contributed by atoms with Gasteiger partial charge in [-0.25, -0.2) is 4.39 Å². The van der Waals surface area contributed by atoms with Crippen LogP contribution in [0.3, 0.4) is 0 Å². The lowest BCUT2D eigenvalue weighted by Crippen LogP contribution is -2.46. The number of hydrogen-bond acceptors (Lipinski definition) is 3. The maximum atomic E-state index is 15.1. The quantitative estimate of drug-likeness (QED) is 0.750. The van der Waals surface area contributed by atoms with E-state index in [1.54, 1.807) is 6.07 Å². The van der Waals surface area contributed by atoms with Gasteiger partial charge in [0.05, 0.1) is 0 Å². The highest BCUT2D eigenvalue weighted by Gasteiger charge is 2.43. The number of nitrogens with zero attached hydrogens (tertiary/aromatic N) is 1. The molecule has 0 spiro atoms. The molecule has 1 unspecified atom stereocenters. The van der Waals surface area contributed by atoms with Gasteiger partial charge in [-0.15, -0.1) is 11.8 Å². The summed E-state index contributed by atoms with van der Waals surface area (Å²) in [5.41, 5.74) is 3.95. The van der Waals surface area contributed by atoms with Gasteiger partial charge in [0.15, 0.2) is 0 Å². The third-order valence-corrected chi connectivity index (χ3v) is 7.46. The highest BCUT2D eigenvalue weighted by Crippen LogP contribution is 2.47. The first-order valence-electron chi connectivity index (χ1n) is 9.88. The number of halogens is 1. The van der Waals surface area contributed by atoms with Crippen molar-refractivity contribution < 1.29 is 9.50 Å². The smallest absolute Gasteiger partial charge is 0.145 e. The minimum Gasteiger partial charge on any atom is -0.371 e. The molecule has 0 saturated carbocycles. The molecule has 0 saturated heterocycles. The summed E-state index contributed by atoms with van der Waals surface area (Å²) in [5, 5.41) is 11.5. The Kier molecular flexibility index (Phi) is 4.38. The molecule has 1 aliphatic carbocycles. The van der Waals surface area contributed by atoms with Crippen LogP contribution >= 0.6 is 11.8 Å². The standard InChI is InChI=1S/C23H24FNOS/c24-20-10-9-19-17(11-12-23(19,26)25-13-2-1-3-14-25)21(20)18-8-4-6-16-7-5-15-27-22(16)18/h1-2,4,6,8-10,26H,3,5,7,11-15H2. The fourth-order valence-corrected chi connectivity index (χ4v) is 6.04. The molecule has 27 heavy (non-hydrogen) atoms. The Morgan fingerprint density at radius 1 is 1.11 bits per heavy atom. The van der Waals surface area contributed by atoms with Gasteiger partial charge in [0.25, 0.3) is 0 Å². The van der Waals surface area contributed by atoms with Gasteiger partial charge in [-0.05, 0) is 60.6 Å². The van der Waals surface area contributed by atoms with Crippen LogP contribution in [0.15, 0.2) is 47.4 Å². The third kappa shape index (κ3) is 2.77. The zero-order chi connectivity index (χ0) is 18.4. The van der Waals surface area contributed by atoms with Gasteiger partial charge in [0.1, 0.15) is 11.5 Å². The number of hydrogen-bond donors (Lipinski definition) is 1. The van der Waals surface area contributed by atoms with Crippen LogP contribution in [0.2, 0.25) is 0 Å². The molecule has 5 rings (SSSR count). The summed E-state index contributed by atoms with van der Waals surface area (Å²) in [6.07, 6.45) is 8.83. The lowest BCUT2D eigenvalue weighted by Gasteiger charge is -2.38. The molecule has 140 valence electrons. The van der Waals surface area contributed by atoms with E-state index in [1.807, 2.05) is 17.8 Å². The largest absolute Gasteiger partial charge is 0.371 e. The van der Waals surface area contributed by atoms with E-state index in [2.05, 4.69) is 35.3 Å². The van der Waals surface area contributed by atoms with E-state index in [1.165, 1.54) is 16.9 Å². The van der Waals surface area contributed by atoms with E-state index in [-0.39, 0.29) is 5.82 Å². The fourth-order valence-electron chi connectivity index (χ4n) is 4.87. The molecule has 2 heterocycles. The number of aliphatic hydroxyl groups is 1. The average molecular weight is 382 g/mol. The van der Waals surface area contributed by atoms with E-state index >= 15 is 4.39 Å². The van der Waals surface area contributed by atoms with Crippen molar-refractivity contribution in [2.24, 2.45) is 0 Å². The minimum atomic E-state index is -0.982. The molecule has 2 nitrogen and oxygen atoms in total. The normalized spacial score (nSPS) is 24.7. The topological polar surface area (TPSA) is 23.5 Å². The number of fused-ring (bicyclic) bond motifs is 2. The van der Waals surface area contributed by atoms with Crippen molar-refractivity contribution in [1.82, 2.24) is 4.90 Å². The van der Waals surface area contributed by atoms with Crippen LogP contribution in [0.25, 0.3) is 11.1 Å². The summed E-state index contributed by atoms with van der Waals surface area (Å²) in [7, 11) is 0. The molecular weight excluding hydrogens is 357 g/mol. The average Bonchev–Trinajstić information content (AvgIpc) is 3.06. The lowest BCUT2D eigenvalue weighted by molar-refractivity contribution is -0.110. The summed E-state index contributed by atoms with van der Waals surface area (Å²) in [6, 6.07) is 9.63. The van der Waals surface area contributed by atoms with E-state index < -0.39 is 5.72 Å². The Hall–Kier alpha value is -1.62. The van der Waals surface area contributed by atoms with Crippen molar-refractivity contribution in [1.29, 1.82) is 0 Å². The number of thioether (sulfide) groups is 1. The fraction of sp³-hybridized carbons (Fsp3) is 0.391. The molecule has 2 aliphatic heterocycles. The van der Waals surface area contributed by atoms with Gasteiger partial charge < -0.3 is 5.11 Å². The third-order valence-electron chi connectivity index (χ3n) is 6.20. The van der Waals surface area contributed by atoms with Crippen LogP contribution in [-0.4, -0.2) is 28.8 Å². The van der Waals surface area contributed by atoms with E-state index in [4.69, 9.17) is 0 Å². The van der Waals surface area contributed by atoms with Gasteiger partial charge in [-0.3, -0.25) is 4.90 Å². The molecular formula is C23H24FNOS. The summed E-state index contributed by atoms with van der Waals surface area (Å²) < 4.78 is 15.1. The lowest BCUT2D eigenvalue weighted by atomic mass is 9.92. The molecule has 0 bridgehead atoms. The van der Waals surface area contributed by atoms with E-state index in [0.717, 1.165) is 48.4 Å². The minimum absolute atomic E-state index is 0.170. The maximum absolute atomic E-state index is 15.1. The zero-order valence-electron chi connectivity index (χ0n) is 15.4. The number of rotatable bonds is 2. The van der Waals surface area contributed by atoms with Crippen molar-refractivity contribution in [3.8, 4) is 11.1 Å². The first kappa shape index (κ1) is 17.5. The summed E-state index contributed by atoms with van der Waals surface area (Å²) in [4.78, 5) is 3.36. The van der Waals surface area contributed by atoms with Crippen molar-refractivity contribution in [3.63, 3.8) is 0 Å². The van der Waals surface area contributed by atoms with Crippen molar-refractivity contribution >= 4 is 11.8 Å². The van der Waals surface area contributed by atoms with E-state index in [0.29, 0.717) is 18.4 Å². The van der Waals surface area contributed by atoms with Crippen LogP contribution in [0, 0.1) is 5.82 Å². The molecule has 1 atom stereocenters. The van der Waals surface area contributed by atoms with Crippen molar-refractivity contribution in [3.05, 3.63) is 65.0 Å². The highest BCUT2D eigenvalue weighted by molar-refractivity contribution is 7.99. The summed E-state index contributed by atoms with van der Waals surface area (Å²) in [6.45, 7) is 1.59. The SMILES string of the molecule is OC1(N2CC=CCC2)CCc2c1ccc(F)c2-c1cccc2c1SCCC2.